The van der Waals surface area contributed by atoms with E-state index in [4.69, 9.17) is 10.3 Å². The lowest BCUT2D eigenvalue weighted by Crippen LogP contribution is -2.24. The van der Waals surface area contributed by atoms with Gasteiger partial charge in [-0.1, -0.05) is 31.2 Å². The van der Waals surface area contributed by atoms with Gasteiger partial charge < -0.3 is 10.3 Å². The second-order valence-electron chi connectivity index (χ2n) is 8.64. The number of aromatic nitrogens is 4. The molecule has 9 heteroatoms. The lowest BCUT2D eigenvalue weighted by Gasteiger charge is -2.30. The molecule has 0 saturated carbocycles. The summed E-state index contributed by atoms with van der Waals surface area (Å²) >= 11 is 0. The van der Waals surface area contributed by atoms with Gasteiger partial charge >= 0.3 is 0 Å². The highest BCUT2D eigenvalue weighted by Gasteiger charge is 2.33. The Hall–Kier alpha value is -2.84. The lowest BCUT2D eigenvalue weighted by molar-refractivity contribution is -0.120. The number of allylic oxidation sites excluding steroid dienone is 3. The Morgan fingerprint density at radius 1 is 1.43 bits per heavy atom. The molecule has 7 nitrogen and oxygen atoms in total. The molecule has 2 aliphatic rings. The number of hydrogen-bond donors (Lipinski definition) is 1. The number of carbonyl (C=O) groups excluding carboxylic acids is 1. The average Bonchev–Trinajstić information content (AvgIpc) is 3.30. The molecule has 160 valence electrons. The van der Waals surface area contributed by atoms with Gasteiger partial charge in [0.05, 0.1) is 5.92 Å². The smallest absolute Gasteiger partial charge is 0.279 e. The van der Waals surface area contributed by atoms with Crippen LogP contribution >= 0.6 is 0 Å². The van der Waals surface area contributed by atoms with E-state index in [9.17, 15) is 13.6 Å². The molecule has 0 fully saturated rings. The monoisotopic (exact) mass is 417 g/mol. The molecule has 0 bridgehead atoms. The zero-order valence-electron chi connectivity index (χ0n) is 17.3. The second kappa shape index (κ2) is 7.45. The van der Waals surface area contributed by atoms with Crippen LogP contribution in [0, 0.1) is 11.3 Å². The van der Waals surface area contributed by atoms with Crippen LogP contribution in [-0.2, 0) is 24.2 Å². The number of nitrogens with zero attached hydrogens (tertiary/aromatic N) is 4. The Bertz CT molecular complexity index is 1050. The number of rotatable bonds is 5. The van der Waals surface area contributed by atoms with E-state index in [2.05, 4.69) is 29.1 Å². The van der Waals surface area contributed by atoms with E-state index in [0.717, 1.165) is 37.1 Å². The van der Waals surface area contributed by atoms with Crippen LogP contribution in [0.15, 0.2) is 22.2 Å². The van der Waals surface area contributed by atoms with Crippen LogP contribution < -0.4 is 5.73 Å². The number of amides is 1. The normalized spacial score (nSPS) is 20.7. The van der Waals surface area contributed by atoms with Crippen molar-refractivity contribution in [1.82, 2.24) is 19.9 Å². The van der Waals surface area contributed by atoms with Gasteiger partial charge in [0, 0.05) is 28.9 Å². The second-order valence-corrected chi connectivity index (χ2v) is 8.64. The van der Waals surface area contributed by atoms with E-state index >= 15 is 0 Å². The minimum absolute atomic E-state index is 0.0652. The van der Waals surface area contributed by atoms with Crippen LogP contribution in [0.1, 0.15) is 50.7 Å². The van der Waals surface area contributed by atoms with Crippen LogP contribution in [-0.4, -0.2) is 32.3 Å². The third-order valence-corrected chi connectivity index (χ3v) is 5.90. The topological polar surface area (TPSA) is 99.8 Å². The molecule has 1 unspecified atom stereocenters. The molecule has 2 aliphatic carbocycles. The third kappa shape index (κ3) is 3.57. The standard InChI is InChI=1S/C21H25F2N5O2/c1-4-28-15-10-21(2,3)8-7-13(15)16(26-28)20-25-19(27-30-20)12-6-5-11(18(24)29)9-14(12)17(22)23/h6,9,11,17H,4-5,7-8,10H2,1-3H3,(H2,24,29). The highest BCUT2D eigenvalue weighted by molar-refractivity contribution is 5.85. The van der Waals surface area contributed by atoms with Gasteiger partial charge in [-0.05, 0) is 38.0 Å². The first kappa shape index (κ1) is 20.4. The molecule has 2 heterocycles. The SMILES string of the molecule is CCn1nc(-c2nc(C3=CCC(C(N)=O)C=C3C(F)F)no2)c2c1CC(C)(C)CC2. The Labute approximate surface area is 173 Å². The number of hydrogen-bond acceptors (Lipinski definition) is 5. The quantitative estimate of drug-likeness (QED) is 0.802. The predicted octanol–water partition coefficient (Wildman–Crippen LogP) is 3.55. The van der Waals surface area contributed by atoms with Crippen LogP contribution in [0.25, 0.3) is 17.2 Å². The molecule has 2 aromatic heterocycles. The molecule has 30 heavy (non-hydrogen) atoms. The van der Waals surface area contributed by atoms with Crippen molar-refractivity contribution in [1.29, 1.82) is 0 Å². The maximum Gasteiger partial charge on any atom is 0.279 e. The van der Waals surface area contributed by atoms with Crippen molar-refractivity contribution < 1.29 is 18.1 Å². The van der Waals surface area contributed by atoms with Gasteiger partial charge in [-0.3, -0.25) is 9.48 Å². The van der Waals surface area contributed by atoms with Crippen LogP contribution in [0.2, 0.25) is 0 Å². The zero-order valence-corrected chi connectivity index (χ0v) is 17.3. The number of primary amides is 1. The molecule has 0 radical (unpaired) electrons. The van der Waals surface area contributed by atoms with E-state index < -0.39 is 18.3 Å². The molecule has 0 aliphatic heterocycles. The lowest BCUT2D eigenvalue weighted by atomic mass is 9.76. The minimum Gasteiger partial charge on any atom is -0.369 e. The zero-order chi connectivity index (χ0) is 21.6. The molecule has 2 N–H and O–H groups in total. The van der Waals surface area contributed by atoms with Gasteiger partial charge in [0.15, 0.2) is 5.69 Å². The van der Waals surface area contributed by atoms with Crippen molar-refractivity contribution in [3.63, 3.8) is 0 Å². The van der Waals surface area contributed by atoms with E-state index in [1.807, 2.05) is 11.6 Å². The van der Waals surface area contributed by atoms with Crippen LogP contribution in [0.3, 0.4) is 0 Å². The molecule has 4 rings (SSSR count). The summed E-state index contributed by atoms with van der Waals surface area (Å²) in [6, 6.07) is 0. The van der Waals surface area contributed by atoms with E-state index in [0.29, 0.717) is 5.69 Å². The van der Waals surface area contributed by atoms with E-state index in [-0.39, 0.29) is 34.7 Å². The van der Waals surface area contributed by atoms with Crippen molar-refractivity contribution in [3.8, 4) is 11.6 Å². The number of nitrogens with two attached hydrogens (primary N) is 1. The van der Waals surface area contributed by atoms with Gasteiger partial charge in [-0.15, -0.1) is 0 Å². The molecule has 1 amide bonds. The summed E-state index contributed by atoms with van der Waals surface area (Å²) in [6.07, 6.45) is 2.93. The fourth-order valence-electron chi connectivity index (χ4n) is 4.21. The maximum atomic E-state index is 13.6. The number of aryl methyl sites for hydroxylation is 1. The Morgan fingerprint density at radius 2 is 2.20 bits per heavy atom. The Balaban J connectivity index is 1.70. The Morgan fingerprint density at radius 3 is 2.87 bits per heavy atom. The summed E-state index contributed by atoms with van der Waals surface area (Å²) in [7, 11) is 0. The van der Waals surface area contributed by atoms with E-state index in [1.165, 1.54) is 12.2 Å². The molecular formula is C21H25F2N5O2. The molecule has 1 atom stereocenters. The van der Waals surface area contributed by atoms with E-state index in [1.54, 1.807) is 0 Å². The Kier molecular flexibility index (Phi) is 5.07. The highest BCUT2D eigenvalue weighted by atomic mass is 19.3. The average molecular weight is 417 g/mol. The largest absolute Gasteiger partial charge is 0.369 e. The molecule has 0 spiro atoms. The summed E-state index contributed by atoms with van der Waals surface area (Å²) < 4.78 is 34.6. The molecule has 0 aromatic carbocycles. The molecule has 0 saturated heterocycles. The summed E-state index contributed by atoms with van der Waals surface area (Å²) in [5.41, 5.74) is 8.20. The number of fused-ring (bicyclic) bond motifs is 1. The molecular weight excluding hydrogens is 392 g/mol. The first-order valence-corrected chi connectivity index (χ1v) is 10.1. The fraction of sp³-hybridized carbons (Fsp3) is 0.524. The summed E-state index contributed by atoms with van der Waals surface area (Å²) in [5.74, 6) is -1.12. The van der Waals surface area contributed by atoms with Crippen LogP contribution in [0.5, 0.6) is 0 Å². The fourth-order valence-corrected chi connectivity index (χ4v) is 4.21. The van der Waals surface area contributed by atoms with Gasteiger partial charge in [0.1, 0.15) is 0 Å². The van der Waals surface area contributed by atoms with Gasteiger partial charge in [0.2, 0.25) is 11.7 Å². The minimum atomic E-state index is -2.78. The highest BCUT2D eigenvalue weighted by Crippen LogP contribution is 2.39. The summed E-state index contributed by atoms with van der Waals surface area (Å²) in [5, 5.41) is 8.61. The van der Waals surface area contributed by atoms with Crippen LogP contribution in [0.4, 0.5) is 8.78 Å². The predicted molar refractivity (Wildman–Crippen MR) is 106 cm³/mol. The van der Waals surface area contributed by atoms with Crippen molar-refractivity contribution >= 4 is 11.5 Å². The first-order valence-electron chi connectivity index (χ1n) is 10.1. The van der Waals surface area contributed by atoms with Gasteiger partial charge in [-0.2, -0.15) is 10.1 Å². The van der Waals surface area contributed by atoms with Crippen molar-refractivity contribution in [3.05, 3.63) is 34.8 Å². The van der Waals surface area contributed by atoms with Crippen molar-refractivity contribution in [2.45, 2.75) is 59.4 Å². The van der Waals surface area contributed by atoms with Crippen molar-refractivity contribution in [2.24, 2.45) is 17.1 Å². The maximum absolute atomic E-state index is 13.6. The number of halogens is 2. The number of carbonyl (C=O) groups is 1. The summed E-state index contributed by atoms with van der Waals surface area (Å²) in [6.45, 7) is 7.22. The summed E-state index contributed by atoms with van der Waals surface area (Å²) in [4.78, 5) is 15.8. The number of alkyl halides is 2. The van der Waals surface area contributed by atoms with Crippen molar-refractivity contribution in [2.75, 3.05) is 0 Å². The third-order valence-electron chi connectivity index (χ3n) is 5.90. The van der Waals surface area contributed by atoms with Gasteiger partial charge in [0.25, 0.3) is 12.3 Å². The first-order chi connectivity index (χ1) is 14.2. The van der Waals surface area contributed by atoms with Gasteiger partial charge in [-0.25, -0.2) is 8.78 Å². The molecule has 2 aromatic rings.